The van der Waals surface area contributed by atoms with Crippen molar-refractivity contribution in [2.24, 2.45) is 0 Å². The van der Waals surface area contributed by atoms with Gasteiger partial charge in [0.05, 0.1) is 11.5 Å². The summed E-state index contributed by atoms with van der Waals surface area (Å²) in [4.78, 5) is 10.6. The number of nitrogens with zero attached hydrogens (tertiary/aromatic N) is 1. The van der Waals surface area contributed by atoms with Gasteiger partial charge in [0.2, 0.25) is 10.0 Å². The van der Waals surface area contributed by atoms with Crippen molar-refractivity contribution in [3.05, 3.63) is 0 Å². The highest BCUT2D eigenvalue weighted by Gasteiger charge is 2.28. The molecule has 0 saturated heterocycles. The number of hydrogen-bond acceptors (Lipinski definition) is 5. The zero-order valence-electron chi connectivity index (χ0n) is 9.24. The van der Waals surface area contributed by atoms with Crippen molar-refractivity contribution in [2.75, 3.05) is 24.8 Å². The monoisotopic (exact) mass is 273 g/mol. The lowest BCUT2D eigenvalue weighted by atomic mass is 10.4. The van der Waals surface area contributed by atoms with Gasteiger partial charge in [-0.1, -0.05) is 0 Å². The molecule has 7 nitrogen and oxygen atoms in total. The molecule has 16 heavy (non-hydrogen) atoms. The standard InChI is InChI=1S/C7H15NO6S2/c1-6(7(9)10)8(2)16(13,14)5-4-15(3,11)12/h6H,4-5H2,1-3H3,(H,9,10). The van der Waals surface area contributed by atoms with Crippen LogP contribution < -0.4 is 0 Å². The van der Waals surface area contributed by atoms with E-state index in [1.165, 1.54) is 6.92 Å². The Morgan fingerprint density at radius 2 is 1.69 bits per heavy atom. The van der Waals surface area contributed by atoms with E-state index in [9.17, 15) is 21.6 Å². The quantitative estimate of drug-likeness (QED) is 0.648. The van der Waals surface area contributed by atoms with Crippen molar-refractivity contribution in [1.29, 1.82) is 0 Å². The molecule has 0 spiro atoms. The van der Waals surface area contributed by atoms with Gasteiger partial charge in [0.15, 0.2) is 0 Å². The zero-order chi connectivity index (χ0) is 13.1. The van der Waals surface area contributed by atoms with Gasteiger partial charge >= 0.3 is 5.97 Å². The molecule has 0 bridgehead atoms. The largest absolute Gasteiger partial charge is 0.480 e. The molecule has 0 aliphatic carbocycles. The first-order chi connectivity index (χ1) is 6.97. The van der Waals surface area contributed by atoms with Crippen LogP contribution in [0.3, 0.4) is 0 Å². The number of carboxylic acid groups (broad SMARTS) is 1. The summed E-state index contributed by atoms with van der Waals surface area (Å²) in [5, 5.41) is 8.62. The van der Waals surface area contributed by atoms with Crippen molar-refractivity contribution in [2.45, 2.75) is 13.0 Å². The van der Waals surface area contributed by atoms with E-state index in [0.717, 1.165) is 13.3 Å². The molecule has 9 heteroatoms. The molecule has 0 radical (unpaired) electrons. The Bertz CT molecular complexity index is 451. The van der Waals surface area contributed by atoms with E-state index in [-0.39, 0.29) is 0 Å². The molecule has 0 aromatic rings. The number of carbonyl (C=O) groups is 1. The fourth-order valence-electron chi connectivity index (χ4n) is 0.797. The number of likely N-dealkylation sites (N-methyl/N-ethyl adjacent to an activating group) is 1. The van der Waals surface area contributed by atoms with E-state index < -0.39 is 43.4 Å². The van der Waals surface area contributed by atoms with E-state index in [1.54, 1.807) is 0 Å². The Hall–Kier alpha value is -0.670. The van der Waals surface area contributed by atoms with Gasteiger partial charge in [-0.05, 0) is 6.92 Å². The summed E-state index contributed by atoms with van der Waals surface area (Å²) in [6, 6.07) is -1.22. The lowest BCUT2D eigenvalue weighted by molar-refractivity contribution is -0.140. The van der Waals surface area contributed by atoms with Crippen molar-refractivity contribution in [1.82, 2.24) is 4.31 Å². The third kappa shape index (κ3) is 4.90. The number of carboxylic acids is 1. The van der Waals surface area contributed by atoms with E-state index in [1.807, 2.05) is 0 Å². The van der Waals surface area contributed by atoms with Crippen molar-refractivity contribution < 1.29 is 26.7 Å². The molecule has 0 fully saturated rings. The minimum Gasteiger partial charge on any atom is -0.480 e. The van der Waals surface area contributed by atoms with Gasteiger partial charge in [-0.3, -0.25) is 4.79 Å². The molecular formula is C7H15NO6S2. The van der Waals surface area contributed by atoms with Gasteiger partial charge in [0.25, 0.3) is 0 Å². The molecular weight excluding hydrogens is 258 g/mol. The first kappa shape index (κ1) is 15.3. The van der Waals surface area contributed by atoms with Crippen LogP contribution in [0.25, 0.3) is 0 Å². The Kier molecular flexibility index (Phi) is 4.89. The van der Waals surface area contributed by atoms with Crippen LogP contribution in [0.5, 0.6) is 0 Å². The van der Waals surface area contributed by atoms with E-state index in [2.05, 4.69) is 0 Å². The summed E-state index contributed by atoms with van der Waals surface area (Å²) in [5.74, 6) is -2.42. The van der Waals surface area contributed by atoms with Crippen LogP contribution in [0, 0.1) is 0 Å². The van der Waals surface area contributed by atoms with Crippen LogP contribution in [0.4, 0.5) is 0 Å². The Labute approximate surface area is 95.0 Å². The lowest BCUT2D eigenvalue weighted by Crippen LogP contribution is -2.42. The normalized spacial score (nSPS) is 15.0. The summed E-state index contributed by atoms with van der Waals surface area (Å²) in [7, 11) is -6.15. The number of sulfone groups is 1. The van der Waals surface area contributed by atoms with Crippen molar-refractivity contribution >= 4 is 25.8 Å². The molecule has 0 aromatic heterocycles. The predicted molar refractivity (Wildman–Crippen MR) is 58.4 cm³/mol. The molecule has 1 atom stereocenters. The average Bonchev–Trinajstić information content (AvgIpc) is 2.11. The van der Waals surface area contributed by atoms with Crippen molar-refractivity contribution in [3.63, 3.8) is 0 Å². The first-order valence-electron chi connectivity index (χ1n) is 4.33. The molecule has 1 unspecified atom stereocenters. The zero-order valence-corrected chi connectivity index (χ0v) is 10.9. The maximum absolute atomic E-state index is 11.5. The summed E-state index contributed by atoms with van der Waals surface area (Å²) < 4.78 is 45.3. The molecule has 0 rings (SSSR count). The molecule has 96 valence electrons. The summed E-state index contributed by atoms with van der Waals surface area (Å²) >= 11 is 0. The minimum absolute atomic E-state index is 0.522. The Morgan fingerprint density at radius 3 is 2.00 bits per heavy atom. The molecule has 0 saturated carbocycles. The summed E-state index contributed by atoms with van der Waals surface area (Å²) in [5.41, 5.74) is 0. The molecule has 0 aliphatic heterocycles. The van der Waals surface area contributed by atoms with Gasteiger partial charge in [-0.2, -0.15) is 4.31 Å². The first-order valence-corrected chi connectivity index (χ1v) is 8.00. The number of rotatable bonds is 6. The molecule has 0 aromatic carbocycles. The number of aliphatic carboxylic acids is 1. The topological polar surface area (TPSA) is 109 Å². The van der Waals surface area contributed by atoms with Gasteiger partial charge in [0.1, 0.15) is 15.9 Å². The fraction of sp³-hybridized carbons (Fsp3) is 0.857. The molecule has 0 heterocycles. The molecule has 0 aliphatic rings. The third-order valence-corrected chi connectivity index (χ3v) is 5.17. The highest BCUT2D eigenvalue weighted by molar-refractivity contribution is 7.93. The van der Waals surface area contributed by atoms with Gasteiger partial charge in [-0.15, -0.1) is 0 Å². The summed E-state index contributed by atoms with van der Waals surface area (Å²) in [6.07, 6.45) is 0.920. The maximum Gasteiger partial charge on any atom is 0.321 e. The Balaban J connectivity index is 4.75. The fourth-order valence-corrected chi connectivity index (χ4v) is 3.71. The van der Waals surface area contributed by atoms with Gasteiger partial charge < -0.3 is 5.11 Å². The van der Waals surface area contributed by atoms with Gasteiger partial charge in [0, 0.05) is 13.3 Å². The van der Waals surface area contributed by atoms with Crippen molar-refractivity contribution in [3.8, 4) is 0 Å². The van der Waals surface area contributed by atoms with Gasteiger partial charge in [-0.25, -0.2) is 16.8 Å². The maximum atomic E-state index is 11.5. The third-order valence-electron chi connectivity index (χ3n) is 2.05. The van der Waals surface area contributed by atoms with Crippen LogP contribution in [0.2, 0.25) is 0 Å². The SMILES string of the molecule is CC(C(=O)O)N(C)S(=O)(=O)CCS(C)(=O)=O. The van der Waals surface area contributed by atoms with Crippen LogP contribution in [0.15, 0.2) is 0 Å². The second-order valence-electron chi connectivity index (χ2n) is 3.48. The average molecular weight is 273 g/mol. The second kappa shape index (κ2) is 5.11. The predicted octanol–water partition coefficient (Wildman–Crippen LogP) is -1.23. The number of sulfonamides is 1. The van der Waals surface area contributed by atoms with E-state index in [4.69, 9.17) is 5.11 Å². The smallest absolute Gasteiger partial charge is 0.321 e. The molecule has 0 amide bonds. The lowest BCUT2D eigenvalue weighted by Gasteiger charge is -2.20. The van der Waals surface area contributed by atoms with Crippen LogP contribution >= 0.6 is 0 Å². The van der Waals surface area contributed by atoms with E-state index >= 15 is 0 Å². The second-order valence-corrected chi connectivity index (χ2v) is 7.88. The van der Waals surface area contributed by atoms with E-state index in [0.29, 0.717) is 4.31 Å². The highest BCUT2D eigenvalue weighted by atomic mass is 32.2. The Morgan fingerprint density at radius 1 is 1.25 bits per heavy atom. The number of hydrogen-bond donors (Lipinski definition) is 1. The highest BCUT2D eigenvalue weighted by Crippen LogP contribution is 2.05. The minimum atomic E-state index is -3.86. The molecule has 1 N–H and O–H groups in total. The van der Waals surface area contributed by atoms with Crippen LogP contribution in [-0.4, -0.2) is 63.1 Å². The van der Waals surface area contributed by atoms with Crippen LogP contribution in [-0.2, 0) is 24.7 Å². The summed E-state index contributed by atoms with van der Waals surface area (Å²) in [6.45, 7) is 1.21. The van der Waals surface area contributed by atoms with Crippen LogP contribution in [0.1, 0.15) is 6.92 Å².